The highest BCUT2D eigenvalue weighted by Gasteiger charge is 2.21. The normalized spacial score (nSPS) is 13.4. The fourth-order valence-electron chi connectivity index (χ4n) is 2.02. The van der Waals surface area contributed by atoms with Gasteiger partial charge >= 0.3 is 0 Å². The summed E-state index contributed by atoms with van der Waals surface area (Å²) >= 11 is 0. The lowest BCUT2D eigenvalue weighted by atomic mass is 10.2. The Kier molecular flexibility index (Phi) is 5.13. The molecule has 0 saturated heterocycles. The summed E-state index contributed by atoms with van der Waals surface area (Å²) < 4.78 is 30.9. The molecule has 1 N–H and O–H groups in total. The predicted molar refractivity (Wildman–Crippen MR) is 79.1 cm³/mol. The Morgan fingerprint density at radius 2 is 2.19 bits per heavy atom. The van der Waals surface area contributed by atoms with Gasteiger partial charge in [-0.2, -0.15) is 5.10 Å². The molecule has 8 heteroatoms. The SMILES string of the molecule is CCCn1cc(S(=O)(=O)NC(CC)Cn2ccnc2)cn1. The third-order valence-electron chi connectivity index (χ3n) is 3.18. The lowest BCUT2D eigenvalue weighted by molar-refractivity contribution is 0.484. The molecule has 2 aromatic heterocycles. The number of imidazole rings is 1. The fraction of sp³-hybridized carbons (Fsp3) is 0.538. The first kappa shape index (κ1) is 15.7. The maximum Gasteiger partial charge on any atom is 0.244 e. The molecule has 0 aromatic carbocycles. The highest BCUT2D eigenvalue weighted by molar-refractivity contribution is 7.89. The number of hydrogen-bond acceptors (Lipinski definition) is 4. The lowest BCUT2D eigenvalue weighted by Gasteiger charge is -2.16. The highest BCUT2D eigenvalue weighted by Crippen LogP contribution is 2.10. The quantitative estimate of drug-likeness (QED) is 0.795. The van der Waals surface area contributed by atoms with Crippen LogP contribution in [0.5, 0.6) is 0 Å². The van der Waals surface area contributed by atoms with E-state index in [4.69, 9.17) is 0 Å². The average molecular weight is 311 g/mol. The van der Waals surface area contributed by atoms with Gasteiger partial charge in [0.25, 0.3) is 0 Å². The number of hydrogen-bond donors (Lipinski definition) is 1. The maximum absolute atomic E-state index is 12.4. The number of sulfonamides is 1. The first-order valence-corrected chi connectivity index (χ1v) is 8.54. The van der Waals surface area contributed by atoms with Gasteiger partial charge in [0.2, 0.25) is 10.0 Å². The van der Waals surface area contributed by atoms with Gasteiger partial charge in [-0.15, -0.1) is 0 Å². The van der Waals surface area contributed by atoms with Crippen LogP contribution in [0.1, 0.15) is 26.7 Å². The monoisotopic (exact) mass is 311 g/mol. The summed E-state index contributed by atoms with van der Waals surface area (Å²) in [5.41, 5.74) is 0. The van der Waals surface area contributed by atoms with Crippen molar-refractivity contribution in [2.24, 2.45) is 0 Å². The van der Waals surface area contributed by atoms with Crippen molar-refractivity contribution >= 4 is 10.0 Å². The molecule has 0 aliphatic carbocycles. The Morgan fingerprint density at radius 1 is 1.38 bits per heavy atom. The topological polar surface area (TPSA) is 81.8 Å². The first-order valence-electron chi connectivity index (χ1n) is 7.05. The minimum atomic E-state index is -3.54. The summed E-state index contributed by atoms with van der Waals surface area (Å²) in [5.74, 6) is 0. The van der Waals surface area contributed by atoms with Crippen LogP contribution in [0.2, 0.25) is 0 Å². The van der Waals surface area contributed by atoms with Crippen molar-refractivity contribution in [2.45, 2.75) is 50.7 Å². The van der Waals surface area contributed by atoms with Gasteiger partial charge in [0, 0.05) is 37.7 Å². The molecule has 2 aromatic rings. The third-order valence-corrected chi connectivity index (χ3v) is 4.65. The van der Waals surface area contributed by atoms with Crippen molar-refractivity contribution in [3.05, 3.63) is 31.1 Å². The summed E-state index contributed by atoms with van der Waals surface area (Å²) in [7, 11) is -3.54. The molecular formula is C13H21N5O2S. The van der Waals surface area contributed by atoms with Crippen LogP contribution in [-0.2, 0) is 23.1 Å². The molecule has 1 atom stereocenters. The van der Waals surface area contributed by atoms with E-state index in [1.165, 1.54) is 6.20 Å². The molecule has 116 valence electrons. The zero-order valence-electron chi connectivity index (χ0n) is 12.3. The van der Waals surface area contributed by atoms with Crippen molar-refractivity contribution in [1.82, 2.24) is 24.1 Å². The van der Waals surface area contributed by atoms with Crippen LogP contribution in [0.15, 0.2) is 36.0 Å². The molecule has 2 heterocycles. The van der Waals surface area contributed by atoms with Gasteiger partial charge in [0.15, 0.2) is 0 Å². The molecule has 21 heavy (non-hydrogen) atoms. The highest BCUT2D eigenvalue weighted by atomic mass is 32.2. The summed E-state index contributed by atoms with van der Waals surface area (Å²) in [6, 6.07) is -0.182. The number of aryl methyl sites for hydroxylation is 1. The summed E-state index contributed by atoms with van der Waals surface area (Å²) in [5, 5.41) is 4.06. The van der Waals surface area contributed by atoms with Crippen molar-refractivity contribution in [3.63, 3.8) is 0 Å². The van der Waals surface area contributed by atoms with Crippen molar-refractivity contribution < 1.29 is 8.42 Å². The Morgan fingerprint density at radius 3 is 2.81 bits per heavy atom. The first-order chi connectivity index (χ1) is 10.0. The number of nitrogens with zero attached hydrogens (tertiary/aromatic N) is 4. The van der Waals surface area contributed by atoms with Crippen LogP contribution >= 0.6 is 0 Å². The molecule has 0 amide bonds. The van der Waals surface area contributed by atoms with Crippen LogP contribution in [0.25, 0.3) is 0 Å². The molecule has 0 bridgehead atoms. The second-order valence-electron chi connectivity index (χ2n) is 4.93. The Hall–Kier alpha value is -1.67. The predicted octanol–water partition coefficient (Wildman–Crippen LogP) is 1.25. The molecule has 0 radical (unpaired) electrons. The smallest absolute Gasteiger partial charge is 0.244 e. The van der Waals surface area contributed by atoms with E-state index in [9.17, 15) is 8.42 Å². The van der Waals surface area contributed by atoms with Crippen LogP contribution in [0.3, 0.4) is 0 Å². The number of aromatic nitrogens is 4. The number of rotatable bonds is 8. The molecule has 0 aliphatic heterocycles. The molecule has 0 fully saturated rings. The summed E-state index contributed by atoms with van der Waals surface area (Å²) in [6.45, 7) is 5.23. The zero-order valence-corrected chi connectivity index (χ0v) is 13.1. The van der Waals surface area contributed by atoms with E-state index in [2.05, 4.69) is 14.8 Å². The van der Waals surface area contributed by atoms with Crippen molar-refractivity contribution in [3.8, 4) is 0 Å². The standard InChI is InChI=1S/C13H21N5O2S/c1-3-6-18-10-13(8-15-18)21(19,20)16-12(4-2)9-17-7-5-14-11-17/h5,7-8,10-12,16H,3-4,6,9H2,1-2H3. The second kappa shape index (κ2) is 6.86. The van der Waals surface area contributed by atoms with Crippen LogP contribution in [0.4, 0.5) is 0 Å². The third kappa shape index (κ3) is 4.15. The minimum absolute atomic E-state index is 0.182. The van der Waals surface area contributed by atoms with Gasteiger partial charge in [-0.1, -0.05) is 13.8 Å². The second-order valence-corrected chi connectivity index (χ2v) is 6.64. The summed E-state index contributed by atoms with van der Waals surface area (Å²) in [6.07, 6.45) is 9.73. The molecule has 7 nitrogen and oxygen atoms in total. The zero-order chi connectivity index (χ0) is 15.3. The molecule has 0 aliphatic rings. The van der Waals surface area contributed by atoms with Crippen LogP contribution < -0.4 is 4.72 Å². The van der Waals surface area contributed by atoms with E-state index in [0.29, 0.717) is 19.5 Å². The Labute approximate surface area is 125 Å². The van der Waals surface area contributed by atoms with E-state index in [0.717, 1.165) is 6.42 Å². The van der Waals surface area contributed by atoms with Gasteiger partial charge in [0.05, 0.1) is 12.5 Å². The fourth-order valence-corrected chi connectivity index (χ4v) is 3.28. The van der Waals surface area contributed by atoms with Gasteiger partial charge in [-0.3, -0.25) is 4.68 Å². The summed E-state index contributed by atoms with van der Waals surface area (Å²) in [4.78, 5) is 4.17. The molecule has 0 spiro atoms. The van der Waals surface area contributed by atoms with Gasteiger partial charge in [-0.05, 0) is 12.8 Å². The number of nitrogens with one attached hydrogen (secondary N) is 1. The van der Waals surface area contributed by atoms with E-state index >= 15 is 0 Å². The maximum atomic E-state index is 12.4. The van der Waals surface area contributed by atoms with E-state index < -0.39 is 10.0 Å². The van der Waals surface area contributed by atoms with Crippen LogP contribution in [-0.4, -0.2) is 33.8 Å². The average Bonchev–Trinajstić information content (AvgIpc) is 3.09. The van der Waals surface area contributed by atoms with E-state index in [-0.39, 0.29) is 10.9 Å². The largest absolute Gasteiger partial charge is 0.336 e. The minimum Gasteiger partial charge on any atom is -0.336 e. The van der Waals surface area contributed by atoms with E-state index in [1.807, 2.05) is 24.6 Å². The van der Waals surface area contributed by atoms with Gasteiger partial charge < -0.3 is 4.57 Å². The van der Waals surface area contributed by atoms with Crippen molar-refractivity contribution in [1.29, 1.82) is 0 Å². The molecule has 0 saturated carbocycles. The van der Waals surface area contributed by atoms with Gasteiger partial charge in [0.1, 0.15) is 4.90 Å². The van der Waals surface area contributed by atoms with Gasteiger partial charge in [-0.25, -0.2) is 18.1 Å². The van der Waals surface area contributed by atoms with Crippen molar-refractivity contribution in [2.75, 3.05) is 0 Å². The lowest BCUT2D eigenvalue weighted by Crippen LogP contribution is -2.37. The Balaban J connectivity index is 2.07. The van der Waals surface area contributed by atoms with Crippen LogP contribution in [0, 0.1) is 0 Å². The van der Waals surface area contributed by atoms with E-state index in [1.54, 1.807) is 23.4 Å². The molecule has 2 rings (SSSR count). The molecule has 1 unspecified atom stereocenters. The Bertz CT molecular complexity index is 648. The molecular weight excluding hydrogens is 290 g/mol.